The molecule has 3 aromatic heterocycles. The number of nitrogens with zero attached hydrogens (tertiary/aromatic N) is 4. The quantitative estimate of drug-likeness (QED) is 0.321. The van der Waals surface area contributed by atoms with Crippen LogP contribution >= 0.6 is 34.4 Å². The van der Waals surface area contributed by atoms with Crippen LogP contribution in [0.4, 0.5) is 5.13 Å². The van der Waals surface area contributed by atoms with Crippen molar-refractivity contribution < 1.29 is 4.79 Å². The third-order valence-corrected chi connectivity index (χ3v) is 8.43. The van der Waals surface area contributed by atoms with Gasteiger partial charge >= 0.3 is 0 Å². The highest BCUT2D eigenvalue weighted by molar-refractivity contribution is 7.99. The molecule has 10 heteroatoms. The second-order valence-electron chi connectivity index (χ2n) is 7.45. The smallest absolute Gasteiger partial charge is 0.267 e. The third kappa shape index (κ3) is 4.10. The summed E-state index contributed by atoms with van der Waals surface area (Å²) in [6.07, 6.45) is 4.97. The molecule has 3 heterocycles. The lowest BCUT2D eigenvalue weighted by Crippen LogP contribution is -2.23. The maximum absolute atomic E-state index is 13.7. The molecule has 0 radical (unpaired) electrons. The van der Waals surface area contributed by atoms with Crippen LogP contribution < -0.4 is 10.9 Å². The number of amides is 1. The highest BCUT2D eigenvalue weighted by Gasteiger charge is 2.23. The van der Waals surface area contributed by atoms with Gasteiger partial charge in [0.05, 0.1) is 16.8 Å². The zero-order chi connectivity index (χ0) is 22.1. The van der Waals surface area contributed by atoms with Gasteiger partial charge in [0.2, 0.25) is 11.0 Å². The fourth-order valence-corrected chi connectivity index (χ4v) is 6.63. The van der Waals surface area contributed by atoms with Gasteiger partial charge in [-0.15, -0.1) is 21.5 Å². The normalized spacial score (nSPS) is 13.3. The summed E-state index contributed by atoms with van der Waals surface area (Å²) in [6.45, 7) is 2.00. The van der Waals surface area contributed by atoms with Crippen LogP contribution in [-0.4, -0.2) is 31.4 Å². The van der Waals surface area contributed by atoms with E-state index in [-0.39, 0.29) is 17.2 Å². The SMILES string of the molecule is CCc1nnc(NC(=O)CSc2nc3sc4c(c3c(=O)n2-c2ccccc2)CCCC4)s1. The minimum atomic E-state index is -0.201. The highest BCUT2D eigenvalue weighted by Crippen LogP contribution is 2.35. The third-order valence-electron chi connectivity index (χ3n) is 5.32. The number of hydrogen-bond acceptors (Lipinski definition) is 8. The van der Waals surface area contributed by atoms with Crippen LogP contribution in [0.1, 0.15) is 35.2 Å². The van der Waals surface area contributed by atoms with Crippen LogP contribution in [0, 0.1) is 0 Å². The Bertz CT molecular complexity index is 1340. The van der Waals surface area contributed by atoms with Gasteiger partial charge in [0, 0.05) is 4.88 Å². The van der Waals surface area contributed by atoms with Gasteiger partial charge in [-0.25, -0.2) is 4.98 Å². The van der Waals surface area contributed by atoms with Crippen molar-refractivity contribution >= 4 is 55.7 Å². The Kier molecular flexibility index (Phi) is 6.07. The molecular formula is C22H21N5O2S3. The summed E-state index contributed by atoms with van der Waals surface area (Å²) in [5, 5.41) is 13.4. The molecule has 7 nitrogen and oxygen atoms in total. The van der Waals surface area contributed by atoms with Crippen LogP contribution in [0.2, 0.25) is 0 Å². The van der Waals surface area contributed by atoms with Gasteiger partial charge in [-0.1, -0.05) is 48.2 Å². The molecule has 0 atom stereocenters. The molecule has 0 bridgehead atoms. The molecule has 0 fully saturated rings. The maximum Gasteiger partial charge on any atom is 0.267 e. The highest BCUT2D eigenvalue weighted by atomic mass is 32.2. The number of thioether (sulfide) groups is 1. The lowest BCUT2D eigenvalue weighted by atomic mass is 9.97. The van der Waals surface area contributed by atoms with Crippen LogP contribution in [0.25, 0.3) is 15.9 Å². The lowest BCUT2D eigenvalue weighted by molar-refractivity contribution is -0.113. The average molecular weight is 484 g/mol. The zero-order valence-electron chi connectivity index (χ0n) is 17.5. The summed E-state index contributed by atoms with van der Waals surface area (Å²) in [5.41, 5.74) is 1.86. The number of thiophene rings is 1. The molecular weight excluding hydrogens is 462 g/mol. The summed E-state index contributed by atoms with van der Waals surface area (Å²) >= 11 is 4.25. The van der Waals surface area contributed by atoms with Gasteiger partial charge in [-0.05, 0) is 49.8 Å². The molecule has 1 aromatic carbocycles. The number of aryl methyl sites for hydroxylation is 3. The second-order valence-corrected chi connectivity index (χ2v) is 10.5. The minimum absolute atomic E-state index is 0.0554. The molecule has 4 aromatic rings. The van der Waals surface area contributed by atoms with E-state index in [2.05, 4.69) is 15.5 Å². The van der Waals surface area contributed by atoms with Gasteiger partial charge in [0.15, 0.2) is 5.16 Å². The van der Waals surface area contributed by atoms with E-state index in [9.17, 15) is 9.59 Å². The monoisotopic (exact) mass is 483 g/mol. The molecule has 32 heavy (non-hydrogen) atoms. The Hall–Kier alpha value is -2.56. The van der Waals surface area contributed by atoms with Crippen molar-refractivity contribution in [2.75, 3.05) is 11.1 Å². The fourth-order valence-electron chi connectivity index (χ4n) is 3.82. The van der Waals surface area contributed by atoms with E-state index in [0.29, 0.717) is 10.3 Å². The standard InChI is InChI=1S/C22H21N5O2S3/c1-2-17-25-26-21(32-17)23-16(28)12-30-22-24-19-18(14-10-6-7-11-15(14)31-19)20(29)27(22)13-8-4-3-5-9-13/h3-5,8-9H,2,6-7,10-12H2,1H3,(H,23,26,28). The molecule has 0 saturated carbocycles. The van der Waals surface area contributed by atoms with Crippen LogP contribution in [-0.2, 0) is 24.1 Å². The van der Waals surface area contributed by atoms with E-state index >= 15 is 0 Å². The molecule has 1 amide bonds. The van der Waals surface area contributed by atoms with Gasteiger partial charge < -0.3 is 0 Å². The van der Waals surface area contributed by atoms with Crippen molar-refractivity contribution in [1.82, 2.24) is 19.7 Å². The number of carbonyl (C=O) groups excluding carboxylic acids is 1. The van der Waals surface area contributed by atoms with Crippen molar-refractivity contribution in [3.8, 4) is 5.69 Å². The van der Waals surface area contributed by atoms with Crippen molar-refractivity contribution in [2.24, 2.45) is 0 Å². The van der Waals surface area contributed by atoms with E-state index in [1.807, 2.05) is 37.3 Å². The van der Waals surface area contributed by atoms with E-state index in [0.717, 1.165) is 58.6 Å². The largest absolute Gasteiger partial charge is 0.300 e. The van der Waals surface area contributed by atoms with E-state index in [1.165, 1.54) is 28.0 Å². The number of fused-ring (bicyclic) bond motifs is 3. The Morgan fingerprint density at radius 3 is 2.75 bits per heavy atom. The molecule has 0 spiro atoms. The molecule has 0 saturated heterocycles. The van der Waals surface area contributed by atoms with Gasteiger partial charge in [-0.2, -0.15) is 0 Å². The van der Waals surface area contributed by atoms with E-state index in [1.54, 1.807) is 15.9 Å². The van der Waals surface area contributed by atoms with Gasteiger partial charge in [0.1, 0.15) is 9.84 Å². The lowest BCUT2D eigenvalue weighted by Gasteiger charge is -2.13. The van der Waals surface area contributed by atoms with E-state index in [4.69, 9.17) is 4.98 Å². The zero-order valence-corrected chi connectivity index (χ0v) is 19.9. The number of anilines is 1. The number of hydrogen-bond donors (Lipinski definition) is 1. The number of para-hydroxylation sites is 1. The van der Waals surface area contributed by atoms with Gasteiger partial charge in [-0.3, -0.25) is 19.5 Å². The summed E-state index contributed by atoms with van der Waals surface area (Å²) < 4.78 is 1.64. The molecule has 0 unspecified atom stereocenters. The van der Waals surface area contributed by atoms with Crippen molar-refractivity contribution in [3.63, 3.8) is 0 Å². The number of aromatic nitrogens is 4. The molecule has 5 rings (SSSR count). The maximum atomic E-state index is 13.7. The molecule has 1 aliphatic rings. The fraction of sp³-hybridized carbons (Fsp3) is 0.318. The van der Waals surface area contributed by atoms with Crippen molar-refractivity contribution in [3.05, 3.63) is 56.1 Å². The Balaban J connectivity index is 1.50. The summed E-state index contributed by atoms with van der Waals surface area (Å²) in [7, 11) is 0. The molecule has 164 valence electrons. The molecule has 1 N–H and O–H groups in total. The Labute approximate surface area is 196 Å². The minimum Gasteiger partial charge on any atom is -0.300 e. The first-order valence-electron chi connectivity index (χ1n) is 10.5. The summed E-state index contributed by atoms with van der Waals surface area (Å²) in [4.78, 5) is 33.1. The van der Waals surface area contributed by atoms with Crippen LogP contribution in [0.5, 0.6) is 0 Å². The summed E-state index contributed by atoms with van der Waals surface area (Å²) in [6, 6.07) is 9.50. The predicted octanol–water partition coefficient (Wildman–Crippen LogP) is 4.47. The first kappa shape index (κ1) is 21.3. The van der Waals surface area contributed by atoms with Crippen LogP contribution in [0.3, 0.4) is 0 Å². The molecule has 1 aliphatic carbocycles. The Morgan fingerprint density at radius 1 is 1.16 bits per heavy atom. The molecule has 0 aliphatic heterocycles. The van der Waals surface area contributed by atoms with Crippen LogP contribution in [0.15, 0.2) is 40.3 Å². The number of rotatable bonds is 6. The first-order valence-corrected chi connectivity index (χ1v) is 13.1. The number of benzene rings is 1. The Morgan fingerprint density at radius 2 is 1.97 bits per heavy atom. The summed E-state index contributed by atoms with van der Waals surface area (Å²) in [5.74, 6) is -0.0788. The predicted molar refractivity (Wildman–Crippen MR) is 130 cm³/mol. The van der Waals surface area contributed by atoms with Crippen molar-refractivity contribution in [1.29, 1.82) is 0 Å². The number of nitrogens with one attached hydrogen (secondary N) is 1. The first-order chi connectivity index (χ1) is 15.6. The van der Waals surface area contributed by atoms with E-state index < -0.39 is 0 Å². The number of carbonyl (C=O) groups is 1. The van der Waals surface area contributed by atoms with Gasteiger partial charge in [0.25, 0.3) is 5.56 Å². The van der Waals surface area contributed by atoms with Crippen molar-refractivity contribution in [2.45, 2.75) is 44.2 Å². The average Bonchev–Trinajstić information content (AvgIpc) is 3.42. The topological polar surface area (TPSA) is 89.8 Å². The second kappa shape index (κ2) is 9.13.